The van der Waals surface area contributed by atoms with E-state index in [1.165, 1.54) is 6.07 Å². The third-order valence-corrected chi connectivity index (χ3v) is 7.90. The van der Waals surface area contributed by atoms with E-state index in [1.807, 2.05) is 19.9 Å². The molecule has 276 valence electrons. The van der Waals surface area contributed by atoms with Crippen molar-refractivity contribution in [1.29, 1.82) is 0 Å². The highest BCUT2D eigenvalue weighted by molar-refractivity contribution is 6.00. The van der Waals surface area contributed by atoms with Crippen LogP contribution in [0.25, 0.3) is 0 Å². The molecule has 0 saturated carbocycles. The third kappa shape index (κ3) is 14.1. The summed E-state index contributed by atoms with van der Waals surface area (Å²) in [7, 11) is 0. The largest absolute Gasteiger partial charge is 0.445 e. The molecule has 3 rings (SSSR count). The van der Waals surface area contributed by atoms with Crippen molar-refractivity contribution in [2.75, 3.05) is 26.2 Å². The highest BCUT2D eigenvalue weighted by Gasteiger charge is 2.25. The van der Waals surface area contributed by atoms with Gasteiger partial charge in [-0.3, -0.25) is 14.4 Å². The minimum absolute atomic E-state index is 0.0454. The number of hydrogen-bond acceptors (Lipinski definition) is 7. The van der Waals surface area contributed by atoms with E-state index in [4.69, 9.17) is 4.74 Å². The number of carbonyl (C=O) groups excluding carboxylic acids is 4. The molecule has 1 unspecified atom stereocenters. The van der Waals surface area contributed by atoms with Crippen molar-refractivity contribution in [1.82, 2.24) is 20.9 Å². The van der Waals surface area contributed by atoms with Crippen molar-refractivity contribution in [3.8, 4) is 0 Å². The standard InChI is InChI=1S/C38H48F2N4O7/c1-4-13-44(14-5-2)37(49)29-16-25(3)15-28(20-29)36(48)43-33(19-27-17-30(39)21-31(40)18-27)34(46)11-12-41-35(47)22-32(45)23-42-38(50)51-24-26-9-7-6-8-10-26/h6-10,15-18,20-21,32-34,45-46H,4-5,11-14,19,22-24H2,1-3H3,(H,41,47)(H,42,50)(H,43,48)/t32?,33-,34+/m0/s1. The Balaban J connectivity index is 1.60. The Morgan fingerprint density at radius 3 is 2.14 bits per heavy atom. The highest BCUT2D eigenvalue weighted by Crippen LogP contribution is 2.17. The second-order valence-corrected chi connectivity index (χ2v) is 12.4. The van der Waals surface area contributed by atoms with Gasteiger partial charge in [0.05, 0.1) is 24.7 Å². The van der Waals surface area contributed by atoms with Crippen molar-refractivity contribution >= 4 is 23.8 Å². The Bertz CT molecular complexity index is 1580. The topological polar surface area (TPSA) is 157 Å². The molecule has 3 aromatic carbocycles. The molecule has 51 heavy (non-hydrogen) atoms. The number of ether oxygens (including phenoxy) is 1. The molecule has 0 aliphatic carbocycles. The van der Waals surface area contributed by atoms with E-state index in [0.29, 0.717) is 30.3 Å². The molecule has 0 radical (unpaired) electrons. The van der Waals surface area contributed by atoms with Gasteiger partial charge in [-0.25, -0.2) is 13.6 Å². The van der Waals surface area contributed by atoms with Gasteiger partial charge in [-0.2, -0.15) is 0 Å². The van der Waals surface area contributed by atoms with E-state index >= 15 is 0 Å². The van der Waals surface area contributed by atoms with Crippen LogP contribution in [0.2, 0.25) is 0 Å². The predicted molar refractivity (Wildman–Crippen MR) is 188 cm³/mol. The summed E-state index contributed by atoms with van der Waals surface area (Å²) in [6, 6.07) is 15.7. The van der Waals surface area contributed by atoms with Crippen molar-refractivity contribution in [2.24, 2.45) is 0 Å². The number of carbonyl (C=O) groups is 4. The summed E-state index contributed by atoms with van der Waals surface area (Å²) in [6.45, 7) is 6.59. The average Bonchev–Trinajstić information content (AvgIpc) is 3.08. The maximum Gasteiger partial charge on any atom is 0.407 e. The predicted octanol–water partition coefficient (Wildman–Crippen LogP) is 4.42. The molecular formula is C38H48F2N4O7. The number of benzene rings is 3. The fraction of sp³-hybridized carbons (Fsp3) is 0.421. The third-order valence-electron chi connectivity index (χ3n) is 7.90. The highest BCUT2D eigenvalue weighted by atomic mass is 19.1. The lowest BCUT2D eigenvalue weighted by Crippen LogP contribution is -2.46. The Labute approximate surface area is 297 Å². The minimum Gasteiger partial charge on any atom is -0.445 e. The number of aryl methyl sites for hydroxylation is 1. The van der Waals surface area contributed by atoms with Crippen LogP contribution in [0.4, 0.5) is 13.6 Å². The molecule has 0 aliphatic rings. The number of halogens is 2. The Kier molecular flexibility index (Phi) is 16.5. The molecule has 0 aliphatic heterocycles. The normalized spacial score (nSPS) is 12.7. The van der Waals surface area contributed by atoms with E-state index in [0.717, 1.165) is 30.5 Å². The van der Waals surface area contributed by atoms with Crippen LogP contribution < -0.4 is 16.0 Å². The Hall–Kier alpha value is -4.88. The molecule has 3 atom stereocenters. The summed E-state index contributed by atoms with van der Waals surface area (Å²) < 4.78 is 33.1. The maximum atomic E-state index is 14.0. The van der Waals surface area contributed by atoms with Gasteiger partial charge in [0.15, 0.2) is 0 Å². The second-order valence-electron chi connectivity index (χ2n) is 12.4. The smallest absolute Gasteiger partial charge is 0.407 e. The first-order valence-electron chi connectivity index (χ1n) is 17.1. The quantitative estimate of drug-likeness (QED) is 0.123. The van der Waals surface area contributed by atoms with E-state index < -0.39 is 47.8 Å². The van der Waals surface area contributed by atoms with Gasteiger partial charge in [-0.15, -0.1) is 0 Å². The molecule has 0 aromatic heterocycles. The second kappa shape index (κ2) is 20.7. The van der Waals surface area contributed by atoms with E-state index in [1.54, 1.807) is 48.2 Å². The number of nitrogens with zero attached hydrogens (tertiary/aromatic N) is 1. The van der Waals surface area contributed by atoms with E-state index in [9.17, 15) is 38.2 Å². The minimum atomic E-state index is -1.28. The average molecular weight is 711 g/mol. The molecule has 0 bridgehead atoms. The van der Waals surface area contributed by atoms with Crippen LogP contribution in [0.5, 0.6) is 0 Å². The summed E-state index contributed by atoms with van der Waals surface area (Å²) in [5.74, 6) is -3.00. The van der Waals surface area contributed by atoms with Crippen LogP contribution in [0, 0.1) is 18.6 Å². The van der Waals surface area contributed by atoms with Crippen LogP contribution in [-0.4, -0.2) is 83.4 Å². The van der Waals surface area contributed by atoms with Gasteiger partial charge < -0.3 is 35.8 Å². The molecular weight excluding hydrogens is 662 g/mol. The lowest BCUT2D eigenvalue weighted by atomic mass is 9.97. The maximum absolute atomic E-state index is 14.0. The van der Waals surface area contributed by atoms with Gasteiger partial charge in [0.25, 0.3) is 11.8 Å². The first-order valence-corrected chi connectivity index (χ1v) is 17.1. The molecule has 0 spiro atoms. The lowest BCUT2D eigenvalue weighted by molar-refractivity contribution is -0.123. The fourth-order valence-electron chi connectivity index (χ4n) is 5.49. The monoisotopic (exact) mass is 710 g/mol. The summed E-state index contributed by atoms with van der Waals surface area (Å²) in [4.78, 5) is 52.9. The van der Waals surface area contributed by atoms with Crippen LogP contribution in [-0.2, 0) is 22.6 Å². The zero-order valence-electron chi connectivity index (χ0n) is 29.3. The zero-order valence-corrected chi connectivity index (χ0v) is 29.3. The number of nitrogens with one attached hydrogen (secondary N) is 3. The van der Waals surface area contributed by atoms with Crippen LogP contribution >= 0.6 is 0 Å². The first kappa shape index (κ1) is 40.5. The van der Waals surface area contributed by atoms with Crippen molar-refractivity contribution in [2.45, 2.75) is 77.7 Å². The number of aliphatic hydroxyl groups is 2. The number of rotatable bonds is 19. The molecule has 4 amide bonds. The van der Waals surface area contributed by atoms with Crippen LogP contribution in [0.1, 0.15) is 76.9 Å². The van der Waals surface area contributed by atoms with Gasteiger partial charge in [0.2, 0.25) is 5.91 Å². The van der Waals surface area contributed by atoms with Gasteiger partial charge in [-0.1, -0.05) is 44.2 Å². The number of aliphatic hydroxyl groups excluding tert-OH is 2. The zero-order chi connectivity index (χ0) is 37.3. The summed E-state index contributed by atoms with van der Waals surface area (Å²) >= 11 is 0. The summed E-state index contributed by atoms with van der Waals surface area (Å²) in [5, 5.41) is 29.1. The van der Waals surface area contributed by atoms with Crippen LogP contribution in [0.15, 0.2) is 66.7 Å². The molecule has 0 saturated heterocycles. The fourth-order valence-corrected chi connectivity index (χ4v) is 5.49. The SMILES string of the molecule is CCCN(CCC)C(=O)c1cc(C)cc(C(=O)N[C@@H](Cc2cc(F)cc(F)c2)[C@H](O)CCNC(=O)CC(O)CNC(=O)OCc2ccccc2)c1. The molecule has 0 heterocycles. The van der Waals surface area contributed by atoms with Gasteiger partial charge in [0.1, 0.15) is 18.2 Å². The van der Waals surface area contributed by atoms with Crippen molar-refractivity contribution in [3.63, 3.8) is 0 Å². The molecule has 11 nitrogen and oxygen atoms in total. The van der Waals surface area contributed by atoms with Crippen LogP contribution in [0.3, 0.4) is 0 Å². The van der Waals surface area contributed by atoms with E-state index in [-0.39, 0.29) is 56.0 Å². The van der Waals surface area contributed by atoms with Gasteiger partial charge in [-0.05, 0) is 79.6 Å². The summed E-state index contributed by atoms with van der Waals surface area (Å²) in [5.41, 5.74) is 2.17. The summed E-state index contributed by atoms with van der Waals surface area (Å²) in [6.07, 6.45) is -2.24. The van der Waals surface area contributed by atoms with Crippen molar-refractivity contribution < 1.29 is 42.9 Å². The number of hydrogen-bond donors (Lipinski definition) is 5. The van der Waals surface area contributed by atoms with Gasteiger partial charge >= 0.3 is 6.09 Å². The Morgan fingerprint density at radius 1 is 0.843 bits per heavy atom. The number of alkyl carbamates (subject to hydrolysis) is 1. The molecule has 3 aromatic rings. The number of amides is 4. The molecule has 5 N–H and O–H groups in total. The molecule has 13 heteroatoms. The van der Waals surface area contributed by atoms with E-state index in [2.05, 4.69) is 16.0 Å². The van der Waals surface area contributed by atoms with Crippen molar-refractivity contribution in [3.05, 3.63) is 106 Å². The Morgan fingerprint density at radius 2 is 1.49 bits per heavy atom. The first-order chi connectivity index (χ1) is 24.4. The van der Waals surface area contributed by atoms with Gasteiger partial charge in [0, 0.05) is 43.4 Å². The lowest BCUT2D eigenvalue weighted by Gasteiger charge is -2.25. The molecule has 0 fully saturated rings.